The minimum atomic E-state index is -4.80. The molecule has 0 saturated heterocycles. The highest BCUT2D eigenvalue weighted by atomic mass is 19.4. The van der Waals surface area contributed by atoms with Gasteiger partial charge in [-0.3, -0.25) is 4.99 Å². The van der Waals surface area contributed by atoms with Crippen LogP contribution in [0.3, 0.4) is 0 Å². The van der Waals surface area contributed by atoms with Gasteiger partial charge in [-0.15, -0.1) is 0 Å². The molecule has 0 saturated carbocycles. The van der Waals surface area contributed by atoms with E-state index >= 15 is 0 Å². The second-order valence-corrected chi connectivity index (χ2v) is 3.63. The molecular formula is C9H10F6N2O. The van der Waals surface area contributed by atoms with Crippen LogP contribution in [0.2, 0.25) is 0 Å². The van der Waals surface area contributed by atoms with Crippen LogP contribution in [0.4, 0.5) is 26.3 Å². The summed E-state index contributed by atoms with van der Waals surface area (Å²) in [6.07, 6.45) is -10.6. The molecule has 3 nitrogen and oxygen atoms in total. The van der Waals surface area contributed by atoms with Crippen molar-refractivity contribution in [1.82, 2.24) is 4.90 Å². The maximum absolute atomic E-state index is 12.3. The minimum absolute atomic E-state index is 0.122. The van der Waals surface area contributed by atoms with Crippen molar-refractivity contribution in [2.75, 3.05) is 19.6 Å². The number of rotatable bonds is 2. The Hall–Kier alpha value is -1.25. The molecule has 9 heteroatoms. The van der Waals surface area contributed by atoms with Crippen molar-refractivity contribution < 1.29 is 31.4 Å². The number of hydrogen-bond acceptors (Lipinski definition) is 3. The van der Waals surface area contributed by atoms with Gasteiger partial charge >= 0.3 is 12.4 Å². The molecule has 0 amide bonds. The number of aliphatic hydroxyl groups is 1. The fourth-order valence-electron chi connectivity index (χ4n) is 1.26. The van der Waals surface area contributed by atoms with Gasteiger partial charge in [0, 0.05) is 12.7 Å². The summed E-state index contributed by atoms with van der Waals surface area (Å²) in [7, 11) is 0. The topological polar surface area (TPSA) is 35.8 Å². The standard InChI is InChI=1S/C9H10F6N2O/c10-8(11,12)6-1-3-17(4-2-16-6)5-7(18)9(13,14)15/h1,3,7,18H,2,4-5H2. The zero-order valence-electron chi connectivity index (χ0n) is 8.96. The lowest BCUT2D eigenvalue weighted by Gasteiger charge is -2.23. The molecule has 0 aromatic rings. The quantitative estimate of drug-likeness (QED) is 0.780. The van der Waals surface area contributed by atoms with E-state index in [1.165, 1.54) is 0 Å². The van der Waals surface area contributed by atoms with Gasteiger partial charge in [0.2, 0.25) is 0 Å². The maximum atomic E-state index is 12.3. The first-order chi connectivity index (χ1) is 8.10. The number of β-amino-alcohol motifs (C(OH)–C–C–N with tert-alkyl or cyclic N) is 1. The van der Waals surface area contributed by atoms with Crippen molar-refractivity contribution in [3.05, 3.63) is 12.3 Å². The van der Waals surface area contributed by atoms with E-state index in [4.69, 9.17) is 5.11 Å². The smallest absolute Gasteiger partial charge is 0.382 e. The molecule has 1 N–H and O–H groups in total. The first kappa shape index (κ1) is 14.8. The van der Waals surface area contributed by atoms with Gasteiger partial charge in [-0.2, -0.15) is 26.3 Å². The highest BCUT2D eigenvalue weighted by Gasteiger charge is 2.39. The van der Waals surface area contributed by atoms with Crippen LogP contribution in [-0.2, 0) is 0 Å². The second-order valence-electron chi connectivity index (χ2n) is 3.63. The van der Waals surface area contributed by atoms with E-state index in [2.05, 4.69) is 4.99 Å². The first-order valence-electron chi connectivity index (χ1n) is 4.89. The molecule has 18 heavy (non-hydrogen) atoms. The number of aliphatic imine (C=N–C) groups is 1. The number of alkyl halides is 6. The normalized spacial score (nSPS) is 19.5. The Morgan fingerprint density at radius 1 is 1.28 bits per heavy atom. The Bertz CT molecular complexity index is 346. The van der Waals surface area contributed by atoms with Crippen molar-refractivity contribution >= 4 is 5.71 Å². The third-order valence-corrected chi connectivity index (χ3v) is 2.19. The van der Waals surface area contributed by atoms with E-state index in [9.17, 15) is 26.3 Å². The van der Waals surface area contributed by atoms with Crippen molar-refractivity contribution in [3.63, 3.8) is 0 Å². The van der Waals surface area contributed by atoms with Gasteiger partial charge < -0.3 is 10.0 Å². The molecule has 0 aromatic carbocycles. The Labute approximate surface area is 98.4 Å². The summed E-state index contributed by atoms with van der Waals surface area (Å²) in [5.74, 6) is 0. The maximum Gasteiger partial charge on any atom is 0.432 e. The van der Waals surface area contributed by atoms with Crippen LogP contribution < -0.4 is 0 Å². The lowest BCUT2D eigenvalue weighted by Crippen LogP contribution is -2.39. The third-order valence-electron chi connectivity index (χ3n) is 2.19. The fourth-order valence-corrected chi connectivity index (χ4v) is 1.26. The second kappa shape index (κ2) is 5.17. The Morgan fingerprint density at radius 2 is 1.89 bits per heavy atom. The predicted molar refractivity (Wildman–Crippen MR) is 51.1 cm³/mol. The molecule has 1 rings (SSSR count). The first-order valence-corrected chi connectivity index (χ1v) is 4.89. The van der Waals surface area contributed by atoms with E-state index in [0.29, 0.717) is 6.08 Å². The average molecular weight is 276 g/mol. The summed E-state index contributed by atoms with van der Waals surface area (Å²) < 4.78 is 73.0. The molecule has 1 aliphatic heterocycles. The van der Waals surface area contributed by atoms with Crippen molar-refractivity contribution in [3.8, 4) is 0 Å². The van der Waals surface area contributed by atoms with Crippen LogP contribution in [0.25, 0.3) is 0 Å². The number of allylic oxidation sites excluding steroid dienone is 1. The summed E-state index contributed by atoms with van der Waals surface area (Å²) in [6.45, 7) is -1.23. The molecule has 1 heterocycles. The van der Waals surface area contributed by atoms with Crippen LogP contribution in [0.1, 0.15) is 0 Å². The van der Waals surface area contributed by atoms with Gasteiger partial charge in [-0.05, 0) is 6.08 Å². The van der Waals surface area contributed by atoms with E-state index in [-0.39, 0.29) is 13.1 Å². The summed E-state index contributed by atoms with van der Waals surface area (Å²) >= 11 is 0. The van der Waals surface area contributed by atoms with Gasteiger partial charge in [-0.25, -0.2) is 0 Å². The van der Waals surface area contributed by atoms with Gasteiger partial charge in [-0.1, -0.05) is 0 Å². The van der Waals surface area contributed by atoms with Crippen LogP contribution in [0.15, 0.2) is 17.3 Å². The molecule has 1 unspecified atom stereocenters. The lowest BCUT2D eigenvalue weighted by atomic mass is 10.3. The Morgan fingerprint density at radius 3 is 2.39 bits per heavy atom. The SMILES string of the molecule is OC(CN1C=CC(C(F)(F)F)=NCC1)C(F)(F)F. The summed E-state index contributed by atoms with van der Waals surface area (Å²) in [4.78, 5) is 4.16. The molecule has 0 fully saturated rings. The zero-order valence-corrected chi connectivity index (χ0v) is 8.96. The van der Waals surface area contributed by atoms with Gasteiger partial charge in [0.25, 0.3) is 0 Å². The molecular weight excluding hydrogens is 266 g/mol. The minimum Gasteiger partial charge on any atom is -0.382 e. The van der Waals surface area contributed by atoms with E-state index in [0.717, 1.165) is 11.1 Å². The van der Waals surface area contributed by atoms with Crippen molar-refractivity contribution in [2.24, 2.45) is 4.99 Å². The molecule has 0 aromatic heterocycles. The molecule has 0 spiro atoms. The number of nitrogens with zero attached hydrogens (tertiary/aromatic N) is 2. The zero-order chi connectivity index (χ0) is 14.0. The number of hydrogen-bond donors (Lipinski definition) is 1. The number of halogens is 6. The monoisotopic (exact) mass is 276 g/mol. The van der Waals surface area contributed by atoms with Crippen LogP contribution >= 0.6 is 0 Å². The molecule has 0 aliphatic carbocycles. The van der Waals surface area contributed by atoms with E-state index in [1.807, 2.05) is 0 Å². The van der Waals surface area contributed by atoms with Gasteiger partial charge in [0.15, 0.2) is 6.10 Å². The average Bonchev–Trinajstić information content (AvgIpc) is 2.40. The van der Waals surface area contributed by atoms with E-state index in [1.54, 1.807) is 0 Å². The predicted octanol–water partition coefficient (Wildman–Crippen LogP) is 1.74. The Kier molecular flexibility index (Phi) is 4.25. The molecule has 104 valence electrons. The van der Waals surface area contributed by atoms with Gasteiger partial charge in [0.05, 0.1) is 13.1 Å². The van der Waals surface area contributed by atoms with Crippen molar-refractivity contribution in [2.45, 2.75) is 18.5 Å². The molecule has 0 radical (unpaired) electrons. The Balaban J connectivity index is 2.65. The highest BCUT2D eigenvalue weighted by molar-refractivity contribution is 5.99. The summed E-state index contributed by atoms with van der Waals surface area (Å²) in [6, 6.07) is 0. The van der Waals surface area contributed by atoms with E-state index < -0.39 is 30.7 Å². The van der Waals surface area contributed by atoms with Crippen LogP contribution in [-0.4, -0.2) is 53.8 Å². The lowest BCUT2D eigenvalue weighted by molar-refractivity contribution is -0.206. The highest BCUT2D eigenvalue weighted by Crippen LogP contribution is 2.22. The molecule has 1 aliphatic rings. The van der Waals surface area contributed by atoms with Crippen molar-refractivity contribution in [1.29, 1.82) is 0 Å². The molecule has 0 bridgehead atoms. The summed E-state index contributed by atoms with van der Waals surface area (Å²) in [5.41, 5.74) is -1.15. The summed E-state index contributed by atoms with van der Waals surface area (Å²) in [5, 5.41) is 8.80. The van der Waals surface area contributed by atoms with Gasteiger partial charge in [0.1, 0.15) is 5.71 Å². The largest absolute Gasteiger partial charge is 0.432 e. The fraction of sp³-hybridized carbons (Fsp3) is 0.667. The third kappa shape index (κ3) is 4.21. The van der Waals surface area contributed by atoms with Crippen LogP contribution in [0, 0.1) is 0 Å². The van der Waals surface area contributed by atoms with Crippen LogP contribution in [0.5, 0.6) is 0 Å². The molecule has 1 atom stereocenters. The number of aliphatic hydroxyl groups excluding tert-OH is 1.